The summed E-state index contributed by atoms with van der Waals surface area (Å²) in [5.74, 6) is -0.648. The minimum absolute atomic E-state index is 0.263. The second-order valence-electron chi connectivity index (χ2n) is 9.77. The molecule has 0 aliphatic carbocycles. The molecule has 0 saturated heterocycles. The molecule has 35 heavy (non-hydrogen) atoms. The Kier molecular flexibility index (Phi) is 10.3. The van der Waals surface area contributed by atoms with Crippen molar-refractivity contribution in [3.8, 4) is 0 Å². The van der Waals surface area contributed by atoms with Crippen LogP contribution in [0.2, 0.25) is 0 Å². The van der Waals surface area contributed by atoms with E-state index < -0.39 is 17.7 Å². The number of aryl methyl sites for hydroxylation is 2. The lowest BCUT2D eigenvalue weighted by Gasteiger charge is -2.32. The van der Waals surface area contributed by atoms with Crippen LogP contribution in [0, 0.1) is 13.8 Å². The van der Waals surface area contributed by atoms with Crippen molar-refractivity contribution in [2.45, 2.75) is 72.4 Å². The lowest BCUT2D eigenvalue weighted by molar-refractivity contribution is -0.138. The number of hydrogen-bond acceptors (Lipinski definition) is 4. The fraction of sp³-hybridized carbons (Fsp3) is 0.464. The van der Waals surface area contributed by atoms with Gasteiger partial charge in [-0.05, 0) is 58.2 Å². The fourth-order valence-electron chi connectivity index (χ4n) is 3.72. The Hall–Kier alpha value is -3.35. The van der Waals surface area contributed by atoms with Crippen molar-refractivity contribution in [2.24, 2.45) is 0 Å². The lowest BCUT2D eigenvalue weighted by atomic mass is 10.0. The molecule has 2 aromatic rings. The highest BCUT2D eigenvalue weighted by molar-refractivity contribution is 5.98. The number of hydrogen-bond donors (Lipinski definition) is 2. The van der Waals surface area contributed by atoms with E-state index in [9.17, 15) is 14.4 Å². The molecule has 1 unspecified atom stereocenters. The van der Waals surface area contributed by atoms with Gasteiger partial charge in [0.25, 0.3) is 5.91 Å². The molecule has 2 N–H and O–H groups in total. The van der Waals surface area contributed by atoms with Crippen LogP contribution in [-0.4, -0.2) is 41.5 Å². The topological polar surface area (TPSA) is 87.7 Å². The summed E-state index contributed by atoms with van der Waals surface area (Å²) in [6.45, 7) is 11.4. The number of rotatable bonds is 10. The van der Waals surface area contributed by atoms with E-state index in [1.807, 2.05) is 62.4 Å². The molecule has 0 aliphatic heterocycles. The van der Waals surface area contributed by atoms with Gasteiger partial charge < -0.3 is 20.3 Å². The third-order valence-electron chi connectivity index (χ3n) is 5.43. The molecule has 0 radical (unpaired) electrons. The van der Waals surface area contributed by atoms with Crippen molar-refractivity contribution < 1.29 is 19.1 Å². The van der Waals surface area contributed by atoms with Gasteiger partial charge >= 0.3 is 6.09 Å². The first-order chi connectivity index (χ1) is 16.5. The van der Waals surface area contributed by atoms with Crippen LogP contribution in [0.4, 0.5) is 10.5 Å². The highest BCUT2D eigenvalue weighted by Gasteiger charge is 2.32. The molecule has 0 saturated carbocycles. The Morgan fingerprint density at radius 3 is 2.34 bits per heavy atom. The Morgan fingerprint density at radius 2 is 1.71 bits per heavy atom. The molecule has 1 atom stereocenters. The number of nitrogens with zero attached hydrogens (tertiary/aromatic N) is 1. The van der Waals surface area contributed by atoms with Crippen molar-refractivity contribution >= 4 is 23.6 Å². The van der Waals surface area contributed by atoms with E-state index in [0.717, 1.165) is 36.0 Å². The molecule has 0 spiro atoms. The van der Waals surface area contributed by atoms with E-state index in [1.165, 1.54) is 0 Å². The first-order valence-electron chi connectivity index (χ1n) is 12.2. The zero-order chi connectivity index (χ0) is 26.0. The van der Waals surface area contributed by atoms with E-state index in [1.54, 1.807) is 25.7 Å². The second kappa shape index (κ2) is 12.9. The summed E-state index contributed by atoms with van der Waals surface area (Å²) in [6.07, 6.45) is 1.97. The fourth-order valence-corrected chi connectivity index (χ4v) is 3.72. The predicted octanol–water partition coefficient (Wildman–Crippen LogP) is 5.53. The summed E-state index contributed by atoms with van der Waals surface area (Å²) in [4.78, 5) is 40.8. The van der Waals surface area contributed by atoms with E-state index >= 15 is 0 Å². The monoisotopic (exact) mass is 481 g/mol. The van der Waals surface area contributed by atoms with Gasteiger partial charge in [-0.3, -0.25) is 9.59 Å². The number of unbranched alkanes of at least 4 members (excludes halogenated alkanes) is 2. The number of para-hydroxylation sites is 1. The molecule has 0 heterocycles. The maximum absolute atomic E-state index is 13.7. The number of anilines is 1. The van der Waals surface area contributed by atoms with Gasteiger partial charge in [0.15, 0.2) is 0 Å². The number of alkyl carbamates (subject to hydrolysis) is 1. The van der Waals surface area contributed by atoms with Gasteiger partial charge in [-0.25, -0.2) is 4.79 Å². The summed E-state index contributed by atoms with van der Waals surface area (Å²) in [5, 5.41) is 5.55. The average Bonchev–Trinajstić information content (AvgIpc) is 2.77. The molecular weight excluding hydrogens is 442 g/mol. The summed E-state index contributed by atoms with van der Waals surface area (Å²) < 4.78 is 5.27. The Balaban J connectivity index is 2.36. The SMILES string of the molecule is CCCCCN(C(=O)CNC(=O)OC(C)(C)C)C(C(=O)Nc1ccccc1C)c1cccc(C)c1. The minimum Gasteiger partial charge on any atom is -0.444 e. The number of nitrogens with one attached hydrogen (secondary N) is 2. The normalized spacial score (nSPS) is 11.9. The Bertz CT molecular complexity index is 1010. The van der Waals surface area contributed by atoms with Gasteiger partial charge in [0.05, 0.1) is 0 Å². The molecule has 3 amide bonds. The molecule has 7 nitrogen and oxygen atoms in total. The molecule has 2 rings (SSSR count). The van der Waals surface area contributed by atoms with Crippen LogP contribution in [0.5, 0.6) is 0 Å². The van der Waals surface area contributed by atoms with Gasteiger partial charge in [0.2, 0.25) is 5.91 Å². The quantitative estimate of drug-likeness (QED) is 0.437. The highest BCUT2D eigenvalue weighted by Crippen LogP contribution is 2.26. The molecule has 0 aliphatic rings. The van der Waals surface area contributed by atoms with Crippen molar-refractivity contribution in [2.75, 3.05) is 18.4 Å². The largest absolute Gasteiger partial charge is 0.444 e. The Labute approximate surface area is 209 Å². The van der Waals surface area contributed by atoms with Crippen LogP contribution in [0.3, 0.4) is 0 Å². The van der Waals surface area contributed by atoms with Crippen LogP contribution in [0.15, 0.2) is 48.5 Å². The summed E-state index contributed by atoms with van der Waals surface area (Å²) in [6, 6.07) is 14.3. The van der Waals surface area contributed by atoms with Gasteiger partial charge in [0, 0.05) is 12.2 Å². The predicted molar refractivity (Wildman–Crippen MR) is 139 cm³/mol. The Morgan fingerprint density at radius 1 is 1.00 bits per heavy atom. The summed E-state index contributed by atoms with van der Waals surface area (Å²) >= 11 is 0. The highest BCUT2D eigenvalue weighted by atomic mass is 16.6. The van der Waals surface area contributed by atoms with E-state index in [4.69, 9.17) is 4.74 Å². The van der Waals surface area contributed by atoms with Crippen molar-refractivity contribution in [1.29, 1.82) is 0 Å². The zero-order valence-corrected chi connectivity index (χ0v) is 21.8. The third-order valence-corrected chi connectivity index (χ3v) is 5.43. The summed E-state index contributed by atoms with van der Waals surface area (Å²) in [5.41, 5.74) is 2.66. The average molecular weight is 482 g/mol. The smallest absolute Gasteiger partial charge is 0.408 e. The van der Waals surface area contributed by atoms with E-state index in [2.05, 4.69) is 17.6 Å². The van der Waals surface area contributed by atoms with Gasteiger partial charge in [0.1, 0.15) is 18.2 Å². The number of carbonyl (C=O) groups excluding carboxylic acids is 3. The van der Waals surface area contributed by atoms with Crippen LogP contribution in [-0.2, 0) is 14.3 Å². The third kappa shape index (κ3) is 9.08. The molecular formula is C28H39N3O4. The number of carbonyl (C=O) groups is 3. The molecule has 0 fully saturated rings. The molecule has 7 heteroatoms. The second-order valence-corrected chi connectivity index (χ2v) is 9.77. The van der Waals surface area contributed by atoms with Gasteiger partial charge in [-0.1, -0.05) is 67.8 Å². The number of amides is 3. The maximum atomic E-state index is 13.7. The zero-order valence-electron chi connectivity index (χ0n) is 21.8. The first-order valence-corrected chi connectivity index (χ1v) is 12.2. The van der Waals surface area contributed by atoms with Crippen LogP contribution >= 0.6 is 0 Å². The van der Waals surface area contributed by atoms with Crippen LogP contribution in [0.25, 0.3) is 0 Å². The van der Waals surface area contributed by atoms with Crippen LogP contribution in [0.1, 0.15) is 69.7 Å². The molecule has 2 aromatic carbocycles. The van der Waals surface area contributed by atoms with E-state index in [-0.39, 0.29) is 18.4 Å². The standard InChI is InChI=1S/C28H39N3O4/c1-7-8-11-17-31(24(32)19-29-27(34)35-28(4,5)6)25(22-15-12-13-20(2)18-22)26(33)30-23-16-10-9-14-21(23)3/h9-10,12-16,18,25H,7-8,11,17,19H2,1-6H3,(H,29,34)(H,30,33). The van der Waals surface area contributed by atoms with Gasteiger partial charge in [-0.15, -0.1) is 0 Å². The van der Waals surface area contributed by atoms with E-state index in [0.29, 0.717) is 12.2 Å². The maximum Gasteiger partial charge on any atom is 0.408 e. The number of benzene rings is 2. The van der Waals surface area contributed by atoms with Gasteiger partial charge in [-0.2, -0.15) is 0 Å². The minimum atomic E-state index is -0.848. The molecule has 0 aromatic heterocycles. The molecule has 0 bridgehead atoms. The first kappa shape index (κ1) is 27.9. The van der Waals surface area contributed by atoms with Crippen LogP contribution < -0.4 is 10.6 Å². The summed E-state index contributed by atoms with van der Waals surface area (Å²) in [7, 11) is 0. The lowest BCUT2D eigenvalue weighted by Crippen LogP contribution is -2.47. The molecule has 190 valence electrons. The van der Waals surface area contributed by atoms with Crippen molar-refractivity contribution in [1.82, 2.24) is 10.2 Å². The van der Waals surface area contributed by atoms with Crippen molar-refractivity contribution in [3.05, 3.63) is 65.2 Å². The van der Waals surface area contributed by atoms with Crippen molar-refractivity contribution in [3.63, 3.8) is 0 Å². The number of ether oxygens (including phenoxy) is 1.